The zero-order chi connectivity index (χ0) is 22.0. The fourth-order valence-electron chi connectivity index (χ4n) is 3.49. The van der Waals surface area contributed by atoms with Crippen molar-refractivity contribution >= 4 is 23.2 Å². The summed E-state index contributed by atoms with van der Waals surface area (Å²) in [6.45, 7) is 3.55. The van der Waals surface area contributed by atoms with E-state index in [2.05, 4.69) is 15.4 Å². The maximum Gasteiger partial charge on any atom is 0.240 e. The Morgan fingerprint density at radius 2 is 1.71 bits per heavy atom. The van der Waals surface area contributed by atoms with E-state index in [0.717, 1.165) is 27.9 Å². The van der Waals surface area contributed by atoms with Crippen molar-refractivity contribution in [3.05, 3.63) is 78.0 Å². The second kappa shape index (κ2) is 8.20. The number of fused-ring (bicyclic) bond motifs is 1. The molecule has 0 bridgehead atoms. The van der Waals surface area contributed by atoms with Gasteiger partial charge in [-0.2, -0.15) is 4.98 Å². The molecule has 7 heteroatoms. The van der Waals surface area contributed by atoms with E-state index in [1.54, 1.807) is 18.4 Å². The Balaban J connectivity index is 1.38. The lowest BCUT2D eigenvalue weighted by Crippen LogP contribution is -2.21. The number of hydrogen-bond acceptors (Lipinski definition) is 5. The third-order valence-electron chi connectivity index (χ3n) is 4.88. The smallest absolute Gasteiger partial charge is 0.240 e. The number of nitrogens with zero attached hydrogens (tertiary/aromatic N) is 3. The first kappa shape index (κ1) is 20.6. The molecule has 0 radical (unpaired) electrons. The van der Waals surface area contributed by atoms with Crippen LogP contribution in [0.1, 0.15) is 25.0 Å². The van der Waals surface area contributed by atoms with Crippen LogP contribution in [0.4, 0.5) is 11.6 Å². The van der Waals surface area contributed by atoms with Crippen LogP contribution in [-0.2, 0) is 17.6 Å². The molecule has 4 aromatic rings. The Labute approximate surface area is 180 Å². The second-order valence-corrected chi connectivity index (χ2v) is 8.30. The van der Waals surface area contributed by atoms with Crippen molar-refractivity contribution < 1.29 is 9.90 Å². The number of carbonyl (C=O) groups excluding carboxylic acids is 1. The van der Waals surface area contributed by atoms with Crippen molar-refractivity contribution in [1.82, 2.24) is 14.6 Å². The highest BCUT2D eigenvalue weighted by molar-refractivity contribution is 5.92. The van der Waals surface area contributed by atoms with E-state index in [1.807, 2.05) is 66.9 Å². The molecule has 0 aliphatic carbocycles. The number of amides is 1. The summed E-state index contributed by atoms with van der Waals surface area (Å²) in [6.07, 6.45) is 2.67. The highest BCUT2D eigenvalue weighted by Gasteiger charge is 2.13. The SMILES string of the molecule is CC(C)(O)Cc1ccc(NC(=O)Cc2ccc(-c3ccn4nc(N)nc4c3)cc2)cc1. The molecule has 1 amide bonds. The normalized spacial score (nSPS) is 11.6. The van der Waals surface area contributed by atoms with Gasteiger partial charge in [0.1, 0.15) is 0 Å². The van der Waals surface area contributed by atoms with Gasteiger partial charge in [-0.15, -0.1) is 5.10 Å². The van der Waals surface area contributed by atoms with Crippen LogP contribution in [0.5, 0.6) is 0 Å². The molecule has 0 unspecified atom stereocenters. The molecule has 7 nitrogen and oxygen atoms in total. The molecule has 31 heavy (non-hydrogen) atoms. The first-order chi connectivity index (χ1) is 14.7. The fraction of sp³-hybridized carbons (Fsp3) is 0.208. The predicted molar refractivity (Wildman–Crippen MR) is 122 cm³/mol. The summed E-state index contributed by atoms with van der Waals surface area (Å²) in [5, 5.41) is 16.9. The quantitative estimate of drug-likeness (QED) is 0.447. The lowest BCUT2D eigenvalue weighted by molar-refractivity contribution is -0.115. The Bertz CT molecular complexity index is 1210. The van der Waals surface area contributed by atoms with Crippen molar-refractivity contribution in [2.75, 3.05) is 11.1 Å². The molecule has 0 saturated carbocycles. The lowest BCUT2D eigenvalue weighted by atomic mass is 9.99. The summed E-state index contributed by atoms with van der Waals surface area (Å²) in [5.74, 6) is 0.161. The summed E-state index contributed by atoms with van der Waals surface area (Å²) in [7, 11) is 0. The van der Waals surface area contributed by atoms with E-state index in [0.29, 0.717) is 12.1 Å². The number of nitrogen functional groups attached to an aromatic ring is 1. The van der Waals surface area contributed by atoms with Gasteiger partial charge in [0.15, 0.2) is 5.65 Å². The van der Waals surface area contributed by atoms with Gasteiger partial charge in [-0.3, -0.25) is 4.79 Å². The molecule has 0 atom stereocenters. The zero-order valence-corrected chi connectivity index (χ0v) is 17.5. The average molecular weight is 415 g/mol. The van der Waals surface area contributed by atoms with Gasteiger partial charge in [-0.1, -0.05) is 36.4 Å². The Kier molecular flexibility index (Phi) is 5.44. The molecule has 4 N–H and O–H groups in total. The molecule has 0 fully saturated rings. The van der Waals surface area contributed by atoms with E-state index in [4.69, 9.17) is 5.73 Å². The van der Waals surface area contributed by atoms with Gasteiger partial charge in [-0.05, 0) is 60.4 Å². The van der Waals surface area contributed by atoms with Gasteiger partial charge < -0.3 is 16.2 Å². The van der Waals surface area contributed by atoms with Gasteiger partial charge in [0.05, 0.1) is 12.0 Å². The standard InChI is InChI=1S/C24H25N5O2/c1-24(2,31)15-17-5-9-20(10-6-17)26-22(30)13-16-3-7-18(8-4-16)19-11-12-29-21(14-19)27-23(25)28-29/h3-12,14,31H,13,15H2,1-2H3,(H2,25,28)(H,26,30). The van der Waals surface area contributed by atoms with Crippen LogP contribution in [0.25, 0.3) is 16.8 Å². The highest BCUT2D eigenvalue weighted by atomic mass is 16.3. The van der Waals surface area contributed by atoms with Gasteiger partial charge in [-0.25, -0.2) is 4.52 Å². The van der Waals surface area contributed by atoms with E-state index in [9.17, 15) is 9.90 Å². The maximum absolute atomic E-state index is 12.4. The van der Waals surface area contributed by atoms with Crippen LogP contribution < -0.4 is 11.1 Å². The monoisotopic (exact) mass is 415 g/mol. The Morgan fingerprint density at radius 3 is 2.39 bits per heavy atom. The van der Waals surface area contributed by atoms with Crippen LogP contribution in [0.2, 0.25) is 0 Å². The number of aliphatic hydroxyl groups is 1. The molecule has 0 spiro atoms. The summed E-state index contributed by atoms with van der Waals surface area (Å²) in [5.41, 5.74) is 10.3. The lowest BCUT2D eigenvalue weighted by Gasteiger charge is -2.17. The number of aromatic nitrogens is 3. The van der Waals surface area contributed by atoms with E-state index in [-0.39, 0.29) is 18.3 Å². The van der Waals surface area contributed by atoms with Crippen molar-refractivity contribution in [2.24, 2.45) is 0 Å². The minimum atomic E-state index is -0.758. The minimum Gasteiger partial charge on any atom is -0.390 e. The van der Waals surface area contributed by atoms with Crippen LogP contribution in [0, 0.1) is 0 Å². The average Bonchev–Trinajstić information content (AvgIpc) is 3.08. The molecular weight excluding hydrogens is 390 g/mol. The van der Waals surface area contributed by atoms with E-state index >= 15 is 0 Å². The molecule has 0 aliphatic rings. The third kappa shape index (κ3) is 5.26. The van der Waals surface area contributed by atoms with Crippen molar-refractivity contribution in [2.45, 2.75) is 32.3 Å². The summed E-state index contributed by atoms with van der Waals surface area (Å²) >= 11 is 0. The number of pyridine rings is 1. The fourth-order valence-corrected chi connectivity index (χ4v) is 3.49. The first-order valence-electron chi connectivity index (χ1n) is 10.1. The topological polar surface area (TPSA) is 106 Å². The Hall–Kier alpha value is -3.71. The van der Waals surface area contributed by atoms with Crippen molar-refractivity contribution in [3.8, 4) is 11.1 Å². The van der Waals surface area contributed by atoms with Crippen LogP contribution >= 0.6 is 0 Å². The molecule has 2 aromatic carbocycles. The third-order valence-corrected chi connectivity index (χ3v) is 4.88. The largest absolute Gasteiger partial charge is 0.390 e. The summed E-state index contributed by atoms with van der Waals surface area (Å²) < 4.78 is 1.63. The maximum atomic E-state index is 12.4. The molecule has 2 heterocycles. The summed E-state index contributed by atoms with van der Waals surface area (Å²) in [4.78, 5) is 16.6. The molecule has 158 valence electrons. The molecular formula is C24H25N5O2. The number of nitrogens with one attached hydrogen (secondary N) is 1. The number of anilines is 2. The molecule has 2 aromatic heterocycles. The van der Waals surface area contributed by atoms with Gasteiger partial charge in [0.2, 0.25) is 11.9 Å². The second-order valence-electron chi connectivity index (χ2n) is 8.30. The highest BCUT2D eigenvalue weighted by Crippen LogP contribution is 2.22. The van der Waals surface area contributed by atoms with Crippen LogP contribution in [0.15, 0.2) is 66.9 Å². The van der Waals surface area contributed by atoms with Gasteiger partial charge in [0.25, 0.3) is 0 Å². The number of nitrogens with two attached hydrogens (primary N) is 1. The van der Waals surface area contributed by atoms with Gasteiger partial charge >= 0.3 is 0 Å². The number of carbonyl (C=O) groups is 1. The van der Waals surface area contributed by atoms with Crippen LogP contribution in [0.3, 0.4) is 0 Å². The predicted octanol–water partition coefficient (Wildman–Crippen LogP) is 3.47. The van der Waals surface area contributed by atoms with Gasteiger partial charge in [0, 0.05) is 18.3 Å². The Morgan fingerprint density at radius 1 is 1.03 bits per heavy atom. The zero-order valence-electron chi connectivity index (χ0n) is 17.5. The van der Waals surface area contributed by atoms with Crippen LogP contribution in [-0.4, -0.2) is 31.2 Å². The van der Waals surface area contributed by atoms with E-state index < -0.39 is 5.60 Å². The van der Waals surface area contributed by atoms with Crippen molar-refractivity contribution in [1.29, 1.82) is 0 Å². The number of rotatable bonds is 6. The number of hydrogen-bond donors (Lipinski definition) is 3. The summed E-state index contributed by atoms with van der Waals surface area (Å²) in [6, 6.07) is 19.3. The number of benzene rings is 2. The first-order valence-corrected chi connectivity index (χ1v) is 10.1. The molecule has 0 saturated heterocycles. The molecule has 4 rings (SSSR count). The van der Waals surface area contributed by atoms with Crippen molar-refractivity contribution in [3.63, 3.8) is 0 Å². The van der Waals surface area contributed by atoms with E-state index in [1.165, 1.54) is 0 Å². The molecule has 0 aliphatic heterocycles. The minimum absolute atomic E-state index is 0.0802.